The highest BCUT2D eigenvalue weighted by Gasteiger charge is 2.16. The van der Waals surface area contributed by atoms with Gasteiger partial charge in [-0.1, -0.05) is 0 Å². The van der Waals surface area contributed by atoms with E-state index in [-0.39, 0.29) is 17.4 Å². The first kappa shape index (κ1) is 19.9. The van der Waals surface area contributed by atoms with Crippen molar-refractivity contribution in [3.63, 3.8) is 0 Å². The average Bonchev–Trinajstić information content (AvgIpc) is 2.68. The van der Waals surface area contributed by atoms with Crippen LogP contribution in [0.4, 0.5) is 11.4 Å². The lowest BCUT2D eigenvalue weighted by Crippen LogP contribution is -2.40. The van der Waals surface area contributed by atoms with Gasteiger partial charge in [-0.15, -0.1) is 0 Å². The summed E-state index contributed by atoms with van der Waals surface area (Å²) in [4.78, 5) is 27.1. The van der Waals surface area contributed by atoms with Crippen LogP contribution in [0.25, 0.3) is 0 Å². The van der Waals surface area contributed by atoms with E-state index in [1.165, 1.54) is 24.9 Å². The van der Waals surface area contributed by atoms with Crippen LogP contribution in [0.2, 0.25) is 0 Å². The van der Waals surface area contributed by atoms with E-state index < -0.39 is 0 Å². The van der Waals surface area contributed by atoms with Gasteiger partial charge in [-0.2, -0.15) is 0 Å². The van der Waals surface area contributed by atoms with Gasteiger partial charge in [0.2, 0.25) is 0 Å². The maximum absolute atomic E-state index is 12.5. The van der Waals surface area contributed by atoms with Crippen molar-refractivity contribution in [3.8, 4) is 0 Å². The summed E-state index contributed by atoms with van der Waals surface area (Å²) in [5, 5.41) is 5.83. The maximum atomic E-state index is 12.5. The molecule has 3 rings (SSSR count). The molecule has 5 nitrogen and oxygen atoms in total. The quantitative estimate of drug-likeness (QED) is 0.825. The molecule has 1 aliphatic heterocycles. The van der Waals surface area contributed by atoms with Gasteiger partial charge in [-0.3, -0.25) is 9.59 Å². The molecule has 148 valence electrons. The van der Waals surface area contributed by atoms with Gasteiger partial charge in [-0.25, -0.2) is 0 Å². The van der Waals surface area contributed by atoms with E-state index in [0.29, 0.717) is 11.1 Å². The third-order valence-corrected chi connectivity index (χ3v) is 4.74. The highest BCUT2D eigenvalue weighted by molar-refractivity contribution is 6.05. The molecule has 2 amide bonds. The number of carbonyl (C=O) groups is 2. The smallest absolute Gasteiger partial charge is 0.255 e. The Hall–Kier alpha value is -2.82. The summed E-state index contributed by atoms with van der Waals surface area (Å²) in [6, 6.07) is 14.7. The SMILES string of the molecule is CC(C)(C)NC(=O)c1ccc(C(=O)Nc2ccc(N3CCCCC3)cc2)cc1. The van der Waals surface area contributed by atoms with Crippen LogP contribution in [0.5, 0.6) is 0 Å². The van der Waals surface area contributed by atoms with Crippen LogP contribution >= 0.6 is 0 Å². The fourth-order valence-corrected chi connectivity index (χ4v) is 3.30. The summed E-state index contributed by atoms with van der Waals surface area (Å²) in [6.07, 6.45) is 3.78. The Labute approximate surface area is 167 Å². The number of hydrogen-bond donors (Lipinski definition) is 2. The largest absolute Gasteiger partial charge is 0.372 e. The molecular formula is C23H29N3O2. The summed E-state index contributed by atoms with van der Waals surface area (Å²) in [5.41, 5.74) is 2.73. The molecule has 0 radical (unpaired) electrons. The molecule has 0 saturated carbocycles. The summed E-state index contributed by atoms with van der Waals surface area (Å²) >= 11 is 0. The first-order chi connectivity index (χ1) is 13.3. The predicted octanol–water partition coefficient (Wildman–Crippen LogP) is 4.46. The third kappa shape index (κ3) is 5.35. The molecule has 0 bridgehead atoms. The van der Waals surface area contributed by atoms with Crippen molar-refractivity contribution in [2.45, 2.75) is 45.6 Å². The average molecular weight is 380 g/mol. The number of anilines is 2. The molecule has 2 N–H and O–H groups in total. The molecule has 0 atom stereocenters. The van der Waals surface area contributed by atoms with Crippen molar-refractivity contribution in [1.82, 2.24) is 5.32 Å². The van der Waals surface area contributed by atoms with Crippen LogP contribution < -0.4 is 15.5 Å². The second-order valence-electron chi connectivity index (χ2n) is 8.33. The normalized spacial score (nSPS) is 14.5. The molecule has 1 saturated heterocycles. The zero-order chi connectivity index (χ0) is 20.1. The predicted molar refractivity (Wildman–Crippen MR) is 114 cm³/mol. The molecule has 2 aromatic carbocycles. The molecule has 1 fully saturated rings. The van der Waals surface area contributed by atoms with Gasteiger partial charge in [0.1, 0.15) is 0 Å². The first-order valence-corrected chi connectivity index (χ1v) is 9.91. The number of hydrogen-bond acceptors (Lipinski definition) is 3. The second-order valence-corrected chi connectivity index (χ2v) is 8.33. The van der Waals surface area contributed by atoms with Crippen LogP contribution in [-0.2, 0) is 0 Å². The lowest BCUT2D eigenvalue weighted by molar-refractivity contribution is 0.0918. The Kier molecular flexibility index (Phi) is 6.02. The molecule has 0 unspecified atom stereocenters. The van der Waals surface area contributed by atoms with Gasteiger partial charge in [0.15, 0.2) is 0 Å². The van der Waals surface area contributed by atoms with Crippen molar-refractivity contribution < 1.29 is 9.59 Å². The van der Waals surface area contributed by atoms with E-state index in [1.807, 2.05) is 32.9 Å². The van der Waals surface area contributed by atoms with Crippen LogP contribution in [0.1, 0.15) is 60.7 Å². The highest BCUT2D eigenvalue weighted by atomic mass is 16.2. The summed E-state index contributed by atoms with van der Waals surface area (Å²) in [6.45, 7) is 8.00. The lowest BCUT2D eigenvalue weighted by Gasteiger charge is -2.28. The number of benzene rings is 2. The number of carbonyl (C=O) groups excluding carboxylic acids is 2. The number of rotatable bonds is 4. The minimum absolute atomic E-state index is 0.146. The molecule has 1 heterocycles. The zero-order valence-corrected chi connectivity index (χ0v) is 16.9. The summed E-state index contributed by atoms with van der Waals surface area (Å²) in [5.74, 6) is -0.332. The Morgan fingerprint density at radius 2 is 1.32 bits per heavy atom. The van der Waals surface area contributed by atoms with Crippen LogP contribution in [0.3, 0.4) is 0 Å². The van der Waals surface area contributed by atoms with E-state index in [2.05, 4.69) is 27.7 Å². The van der Waals surface area contributed by atoms with Crippen molar-refractivity contribution in [2.24, 2.45) is 0 Å². The molecule has 28 heavy (non-hydrogen) atoms. The van der Waals surface area contributed by atoms with Gasteiger partial charge in [0.25, 0.3) is 11.8 Å². The summed E-state index contributed by atoms with van der Waals surface area (Å²) < 4.78 is 0. The lowest BCUT2D eigenvalue weighted by atomic mass is 10.1. The minimum Gasteiger partial charge on any atom is -0.372 e. The fraction of sp³-hybridized carbons (Fsp3) is 0.391. The summed E-state index contributed by atoms with van der Waals surface area (Å²) in [7, 11) is 0. The maximum Gasteiger partial charge on any atom is 0.255 e. The van der Waals surface area contributed by atoms with Crippen LogP contribution in [0, 0.1) is 0 Å². The molecule has 1 aliphatic rings. The Bertz CT molecular complexity index is 814. The topological polar surface area (TPSA) is 61.4 Å². The Morgan fingerprint density at radius 1 is 0.786 bits per heavy atom. The van der Waals surface area contributed by atoms with Crippen molar-refractivity contribution >= 4 is 23.2 Å². The number of piperidine rings is 1. The van der Waals surface area contributed by atoms with E-state index >= 15 is 0 Å². The Morgan fingerprint density at radius 3 is 1.86 bits per heavy atom. The van der Waals surface area contributed by atoms with E-state index in [0.717, 1.165) is 18.8 Å². The van der Waals surface area contributed by atoms with Gasteiger partial charge in [0, 0.05) is 41.1 Å². The molecule has 0 aromatic heterocycles. The van der Waals surface area contributed by atoms with Crippen LogP contribution in [0.15, 0.2) is 48.5 Å². The molecule has 0 aliphatic carbocycles. The van der Waals surface area contributed by atoms with Crippen molar-refractivity contribution in [2.75, 3.05) is 23.3 Å². The minimum atomic E-state index is -0.298. The standard InChI is InChI=1S/C23H29N3O2/c1-23(2,3)25-22(28)18-9-7-17(8-10-18)21(27)24-19-11-13-20(14-12-19)26-15-5-4-6-16-26/h7-14H,4-6,15-16H2,1-3H3,(H,24,27)(H,25,28). The molecule has 0 spiro atoms. The van der Waals surface area contributed by atoms with E-state index in [1.54, 1.807) is 24.3 Å². The highest BCUT2D eigenvalue weighted by Crippen LogP contribution is 2.22. The van der Waals surface area contributed by atoms with Crippen molar-refractivity contribution in [3.05, 3.63) is 59.7 Å². The van der Waals surface area contributed by atoms with E-state index in [4.69, 9.17) is 0 Å². The molecular weight excluding hydrogens is 350 g/mol. The number of nitrogens with zero attached hydrogens (tertiary/aromatic N) is 1. The molecule has 5 heteroatoms. The van der Waals surface area contributed by atoms with Crippen molar-refractivity contribution in [1.29, 1.82) is 0 Å². The fourth-order valence-electron chi connectivity index (χ4n) is 3.30. The zero-order valence-electron chi connectivity index (χ0n) is 16.9. The van der Waals surface area contributed by atoms with Gasteiger partial charge < -0.3 is 15.5 Å². The van der Waals surface area contributed by atoms with Crippen LogP contribution in [-0.4, -0.2) is 30.4 Å². The Balaban J connectivity index is 1.60. The first-order valence-electron chi connectivity index (χ1n) is 9.91. The third-order valence-electron chi connectivity index (χ3n) is 4.74. The van der Waals surface area contributed by atoms with E-state index in [9.17, 15) is 9.59 Å². The van der Waals surface area contributed by atoms with Gasteiger partial charge in [-0.05, 0) is 88.6 Å². The second kappa shape index (κ2) is 8.46. The number of nitrogens with one attached hydrogen (secondary N) is 2. The van der Waals surface area contributed by atoms with Gasteiger partial charge >= 0.3 is 0 Å². The van der Waals surface area contributed by atoms with Gasteiger partial charge in [0.05, 0.1) is 0 Å². The monoisotopic (exact) mass is 379 g/mol. The molecule has 2 aromatic rings. The number of amides is 2.